The molecule has 0 bridgehead atoms. The summed E-state index contributed by atoms with van der Waals surface area (Å²) in [6, 6.07) is 12.1. The van der Waals surface area contributed by atoms with E-state index in [0.29, 0.717) is 11.3 Å². The maximum Gasteiger partial charge on any atom is 0.333 e. The summed E-state index contributed by atoms with van der Waals surface area (Å²) in [5.74, 6) is -0.182. The fourth-order valence-corrected chi connectivity index (χ4v) is 5.45. The molecule has 3 amide bonds. The highest BCUT2D eigenvalue weighted by Crippen LogP contribution is 2.18. The van der Waals surface area contributed by atoms with Gasteiger partial charge in [-0.2, -0.15) is 0 Å². The maximum absolute atomic E-state index is 12.9. The van der Waals surface area contributed by atoms with Crippen LogP contribution < -0.4 is 15.4 Å². The third-order valence-corrected chi connectivity index (χ3v) is 7.68. The first kappa shape index (κ1) is 26.7. The highest BCUT2D eigenvalue weighted by Gasteiger charge is 2.19. The summed E-state index contributed by atoms with van der Waals surface area (Å²) in [4.78, 5) is 25.3. The van der Waals surface area contributed by atoms with Crippen LogP contribution in [0.25, 0.3) is 0 Å². The van der Waals surface area contributed by atoms with Crippen molar-refractivity contribution < 1.29 is 18.0 Å². The highest BCUT2D eigenvalue weighted by molar-refractivity contribution is 7.90. The lowest BCUT2D eigenvalue weighted by Crippen LogP contribution is -2.35. The maximum atomic E-state index is 12.9. The van der Waals surface area contributed by atoms with Gasteiger partial charge in [0.15, 0.2) is 0 Å². The summed E-state index contributed by atoms with van der Waals surface area (Å²) in [6.45, 7) is 1.78. The van der Waals surface area contributed by atoms with Gasteiger partial charge in [0, 0.05) is 17.3 Å². The molecular weight excluding hydrogens is 462 g/mol. The van der Waals surface area contributed by atoms with Gasteiger partial charge in [0.2, 0.25) is 0 Å². The third-order valence-electron chi connectivity index (χ3n) is 6.35. The Bertz CT molecular complexity index is 1090. The molecule has 0 saturated heterocycles. The average Bonchev–Trinajstić information content (AvgIpc) is 2.80. The van der Waals surface area contributed by atoms with E-state index in [-0.39, 0.29) is 16.8 Å². The molecule has 8 heteroatoms. The molecule has 7 nitrogen and oxygen atoms in total. The van der Waals surface area contributed by atoms with Crippen molar-refractivity contribution in [3.8, 4) is 0 Å². The van der Waals surface area contributed by atoms with Gasteiger partial charge in [-0.1, -0.05) is 76.0 Å². The number of amides is 3. The second-order valence-corrected chi connectivity index (χ2v) is 11.1. The van der Waals surface area contributed by atoms with Gasteiger partial charge in [0.1, 0.15) is 0 Å². The van der Waals surface area contributed by atoms with Crippen molar-refractivity contribution >= 4 is 27.6 Å². The van der Waals surface area contributed by atoms with E-state index in [4.69, 9.17) is 0 Å². The quantitative estimate of drug-likeness (QED) is 0.476. The number of urea groups is 1. The summed E-state index contributed by atoms with van der Waals surface area (Å²) in [7, 11) is -4.01. The summed E-state index contributed by atoms with van der Waals surface area (Å²) < 4.78 is 27.0. The second-order valence-electron chi connectivity index (χ2n) is 9.39. The van der Waals surface area contributed by atoms with E-state index < -0.39 is 16.1 Å². The Morgan fingerprint density at radius 1 is 0.800 bits per heavy atom. The molecule has 0 heterocycles. The number of nitrogens with one attached hydrogen (secondary N) is 3. The average molecular weight is 500 g/mol. The molecule has 2 aromatic carbocycles. The van der Waals surface area contributed by atoms with Crippen LogP contribution >= 0.6 is 0 Å². The first-order valence-electron chi connectivity index (χ1n) is 12.6. The fourth-order valence-electron chi connectivity index (χ4n) is 4.43. The van der Waals surface area contributed by atoms with Crippen molar-refractivity contribution in [3.63, 3.8) is 0 Å². The molecule has 1 fully saturated rings. The van der Waals surface area contributed by atoms with E-state index >= 15 is 0 Å². The van der Waals surface area contributed by atoms with E-state index in [1.807, 2.05) is 4.72 Å². The second kappa shape index (κ2) is 13.3. The molecule has 0 aliphatic heterocycles. The minimum atomic E-state index is -4.01. The molecular formula is C27H37N3O4S. The van der Waals surface area contributed by atoms with Crippen LogP contribution in [0.2, 0.25) is 0 Å². The number of rotatable bonds is 5. The Hall–Kier alpha value is -2.87. The SMILES string of the molecule is Cc1cccc(S(=O)(=O)NC(=O)Nc2cccc(C(=O)NC3CCCCCCCCCCC3)c2)c1. The highest BCUT2D eigenvalue weighted by atomic mass is 32.2. The van der Waals surface area contributed by atoms with Crippen LogP contribution in [0, 0.1) is 6.92 Å². The number of carbonyl (C=O) groups excluding carboxylic acids is 2. The summed E-state index contributed by atoms with van der Waals surface area (Å²) in [5, 5.41) is 5.69. The predicted molar refractivity (Wildman–Crippen MR) is 139 cm³/mol. The summed E-state index contributed by atoms with van der Waals surface area (Å²) in [5.41, 5.74) is 1.54. The van der Waals surface area contributed by atoms with E-state index in [2.05, 4.69) is 10.6 Å². The Labute approximate surface area is 209 Å². The van der Waals surface area contributed by atoms with E-state index in [1.165, 1.54) is 57.1 Å². The minimum Gasteiger partial charge on any atom is -0.349 e. The molecule has 1 aliphatic carbocycles. The van der Waals surface area contributed by atoms with Gasteiger partial charge in [-0.15, -0.1) is 0 Å². The van der Waals surface area contributed by atoms with Crippen LogP contribution in [0.5, 0.6) is 0 Å². The Kier molecular flexibility index (Phi) is 10.1. The van der Waals surface area contributed by atoms with Crippen molar-refractivity contribution in [1.82, 2.24) is 10.0 Å². The van der Waals surface area contributed by atoms with Crippen molar-refractivity contribution in [1.29, 1.82) is 0 Å². The normalized spacial score (nSPS) is 16.4. The molecule has 3 N–H and O–H groups in total. The molecule has 190 valence electrons. The Morgan fingerprint density at radius 2 is 1.40 bits per heavy atom. The largest absolute Gasteiger partial charge is 0.349 e. The van der Waals surface area contributed by atoms with Gasteiger partial charge in [-0.3, -0.25) is 4.79 Å². The van der Waals surface area contributed by atoms with Crippen molar-refractivity contribution in [3.05, 3.63) is 59.7 Å². The summed E-state index contributed by atoms with van der Waals surface area (Å²) >= 11 is 0. The number of hydrogen-bond donors (Lipinski definition) is 3. The van der Waals surface area contributed by atoms with Crippen LogP contribution in [0.1, 0.15) is 86.6 Å². The predicted octanol–water partition coefficient (Wildman–Crippen LogP) is 5.91. The van der Waals surface area contributed by atoms with Gasteiger partial charge in [0.05, 0.1) is 4.90 Å². The molecule has 0 spiro atoms. The molecule has 1 aliphatic rings. The number of carbonyl (C=O) groups is 2. The van der Waals surface area contributed by atoms with E-state index in [9.17, 15) is 18.0 Å². The zero-order valence-corrected chi connectivity index (χ0v) is 21.3. The Morgan fingerprint density at radius 3 is 2.03 bits per heavy atom. The van der Waals surface area contributed by atoms with Crippen LogP contribution in [-0.4, -0.2) is 26.4 Å². The minimum absolute atomic E-state index is 0.0119. The number of anilines is 1. The molecule has 3 rings (SSSR count). The lowest BCUT2D eigenvalue weighted by atomic mass is 9.97. The van der Waals surface area contributed by atoms with Gasteiger partial charge in [-0.25, -0.2) is 17.9 Å². The molecule has 0 radical (unpaired) electrons. The fraction of sp³-hybridized carbons (Fsp3) is 0.481. The van der Waals surface area contributed by atoms with E-state index in [0.717, 1.165) is 31.2 Å². The third kappa shape index (κ3) is 9.02. The Balaban J connectivity index is 1.58. The van der Waals surface area contributed by atoms with Gasteiger partial charge >= 0.3 is 6.03 Å². The van der Waals surface area contributed by atoms with Gasteiger partial charge in [-0.05, 0) is 55.7 Å². The molecule has 0 aromatic heterocycles. The van der Waals surface area contributed by atoms with Crippen LogP contribution in [-0.2, 0) is 10.0 Å². The van der Waals surface area contributed by atoms with Crippen molar-refractivity contribution in [2.24, 2.45) is 0 Å². The van der Waals surface area contributed by atoms with Crippen molar-refractivity contribution in [2.45, 2.75) is 88.5 Å². The van der Waals surface area contributed by atoms with E-state index in [1.54, 1.807) is 43.3 Å². The molecule has 0 unspecified atom stereocenters. The zero-order chi connectivity index (χ0) is 25.1. The molecule has 2 aromatic rings. The summed E-state index contributed by atoms with van der Waals surface area (Å²) in [6.07, 6.45) is 13.0. The number of benzene rings is 2. The number of sulfonamides is 1. The first-order chi connectivity index (χ1) is 16.8. The van der Waals surface area contributed by atoms with Crippen LogP contribution in [0.15, 0.2) is 53.4 Å². The molecule has 0 atom stereocenters. The standard InChI is InChI=1S/C27H37N3O4S/c1-21-13-11-18-25(19-21)35(33,34)30-27(32)29-24-17-12-14-22(20-24)26(31)28-23-15-9-7-5-3-2-4-6-8-10-16-23/h11-14,17-20,23H,2-10,15-16H2,1H3,(H,28,31)(H2,29,30,32). The lowest BCUT2D eigenvalue weighted by molar-refractivity contribution is 0.0931. The van der Waals surface area contributed by atoms with Crippen LogP contribution in [0.3, 0.4) is 0 Å². The van der Waals surface area contributed by atoms with Gasteiger partial charge < -0.3 is 10.6 Å². The zero-order valence-electron chi connectivity index (χ0n) is 20.5. The molecule has 1 saturated carbocycles. The monoisotopic (exact) mass is 499 g/mol. The van der Waals surface area contributed by atoms with Gasteiger partial charge in [0.25, 0.3) is 15.9 Å². The first-order valence-corrected chi connectivity index (χ1v) is 14.1. The lowest BCUT2D eigenvalue weighted by Gasteiger charge is -2.20. The topological polar surface area (TPSA) is 104 Å². The number of aryl methyl sites for hydroxylation is 1. The van der Waals surface area contributed by atoms with Crippen molar-refractivity contribution in [2.75, 3.05) is 5.32 Å². The smallest absolute Gasteiger partial charge is 0.333 e. The number of hydrogen-bond acceptors (Lipinski definition) is 4. The van der Waals surface area contributed by atoms with Crippen LogP contribution in [0.4, 0.5) is 10.5 Å². The molecule has 35 heavy (non-hydrogen) atoms.